The van der Waals surface area contributed by atoms with Crippen LogP contribution in [0.25, 0.3) is 0 Å². The van der Waals surface area contributed by atoms with E-state index in [0.29, 0.717) is 6.61 Å². The Balaban J connectivity index is 3.05. The van der Waals surface area contributed by atoms with Crippen LogP contribution < -0.4 is 0 Å². The standard InChI is InChI=1S/C12H22O2/c1-3-4-5-6-7-8-9-10-11-14-12(2)13/h6-7H,3-5,8-11H2,1-2H3/b7-6-. The largest absolute Gasteiger partial charge is 0.466 e. The second-order valence-electron chi connectivity index (χ2n) is 3.45. The fourth-order valence-electron chi connectivity index (χ4n) is 1.14. The average Bonchev–Trinajstić information content (AvgIpc) is 2.15. The van der Waals surface area contributed by atoms with Gasteiger partial charge < -0.3 is 4.74 Å². The first-order valence-electron chi connectivity index (χ1n) is 5.55. The van der Waals surface area contributed by atoms with Gasteiger partial charge in [0.25, 0.3) is 0 Å². The van der Waals surface area contributed by atoms with Gasteiger partial charge in [-0.25, -0.2) is 0 Å². The molecule has 0 N–H and O–H groups in total. The van der Waals surface area contributed by atoms with E-state index >= 15 is 0 Å². The number of hydrogen-bond acceptors (Lipinski definition) is 2. The van der Waals surface area contributed by atoms with Crippen molar-refractivity contribution in [3.8, 4) is 0 Å². The molecule has 0 spiro atoms. The Morgan fingerprint density at radius 3 is 2.36 bits per heavy atom. The molecule has 0 amide bonds. The molecule has 0 heterocycles. The summed E-state index contributed by atoms with van der Waals surface area (Å²) in [4.78, 5) is 10.4. The lowest BCUT2D eigenvalue weighted by Gasteiger charge is -1.99. The zero-order valence-corrected chi connectivity index (χ0v) is 9.42. The summed E-state index contributed by atoms with van der Waals surface area (Å²) in [6.07, 6.45) is 11.4. The molecule has 0 aromatic heterocycles. The van der Waals surface area contributed by atoms with Crippen LogP contribution in [0.15, 0.2) is 12.2 Å². The van der Waals surface area contributed by atoms with Gasteiger partial charge in [-0.3, -0.25) is 4.79 Å². The molecule has 0 radical (unpaired) electrons. The Kier molecular flexibility index (Phi) is 9.71. The first-order valence-corrected chi connectivity index (χ1v) is 5.55. The van der Waals surface area contributed by atoms with Crippen molar-refractivity contribution in [3.05, 3.63) is 12.2 Å². The van der Waals surface area contributed by atoms with Gasteiger partial charge >= 0.3 is 5.97 Å². The van der Waals surface area contributed by atoms with E-state index in [1.54, 1.807) is 0 Å². The van der Waals surface area contributed by atoms with E-state index in [4.69, 9.17) is 4.74 Å². The summed E-state index contributed by atoms with van der Waals surface area (Å²) in [5.74, 6) is -0.177. The Bertz CT molecular complexity index is 162. The SMILES string of the molecule is CCCC/C=C\CCCCOC(C)=O. The van der Waals surface area contributed by atoms with Gasteiger partial charge in [-0.15, -0.1) is 0 Å². The topological polar surface area (TPSA) is 26.3 Å². The van der Waals surface area contributed by atoms with Gasteiger partial charge in [0.05, 0.1) is 6.61 Å². The van der Waals surface area contributed by atoms with E-state index < -0.39 is 0 Å². The fourth-order valence-corrected chi connectivity index (χ4v) is 1.14. The second-order valence-corrected chi connectivity index (χ2v) is 3.45. The molecule has 0 saturated heterocycles. The predicted molar refractivity (Wildman–Crippen MR) is 59.1 cm³/mol. The molecule has 0 aliphatic rings. The van der Waals surface area contributed by atoms with Crippen molar-refractivity contribution >= 4 is 5.97 Å². The first kappa shape index (κ1) is 13.2. The van der Waals surface area contributed by atoms with Crippen LogP contribution in [0.5, 0.6) is 0 Å². The summed E-state index contributed by atoms with van der Waals surface area (Å²) in [6.45, 7) is 4.22. The van der Waals surface area contributed by atoms with Crippen LogP contribution in [0.4, 0.5) is 0 Å². The molecular weight excluding hydrogens is 176 g/mol. The fraction of sp³-hybridized carbons (Fsp3) is 0.750. The lowest BCUT2D eigenvalue weighted by Crippen LogP contribution is -1.99. The highest BCUT2D eigenvalue weighted by molar-refractivity contribution is 5.65. The predicted octanol–water partition coefficient (Wildman–Crippen LogP) is 3.47. The van der Waals surface area contributed by atoms with Crippen LogP contribution >= 0.6 is 0 Å². The number of carbonyl (C=O) groups excluding carboxylic acids is 1. The maximum Gasteiger partial charge on any atom is 0.302 e. The summed E-state index contributed by atoms with van der Waals surface area (Å²) in [7, 11) is 0. The van der Waals surface area contributed by atoms with Crippen molar-refractivity contribution in [1.82, 2.24) is 0 Å². The number of hydrogen-bond donors (Lipinski definition) is 0. The molecule has 0 aromatic rings. The number of unbranched alkanes of at least 4 members (excludes halogenated alkanes) is 4. The molecule has 14 heavy (non-hydrogen) atoms. The van der Waals surface area contributed by atoms with Gasteiger partial charge in [0, 0.05) is 6.92 Å². The Morgan fingerprint density at radius 2 is 1.79 bits per heavy atom. The van der Waals surface area contributed by atoms with Gasteiger partial charge in [0.2, 0.25) is 0 Å². The average molecular weight is 198 g/mol. The van der Waals surface area contributed by atoms with Crippen LogP contribution in [0.2, 0.25) is 0 Å². The Labute approximate surface area is 87.3 Å². The maximum absolute atomic E-state index is 10.4. The van der Waals surface area contributed by atoms with Crippen LogP contribution in [-0.4, -0.2) is 12.6 Å². The molecule has 0 saturated carbocycles. The second kappa shape index (κ2) is 10.3. The Morgan fingerprint density at radius 1 is 1.14 bits per heavy atom. The minimum atomic E-state index is -0.177. The van der Waals surface area contributed by atoms with Crippen molar-refractivity contribution in [2.75, 3.05) is 6.61 Å². The number of rotatable bonds is 8. The van der Waals surface area contributed by atoms with Gasteiger partial charge in [-0.05, 0) is 25.7 Å². The van der Waals surface area contributed by atoms with Gasteiger partial charge in [0.1, 0.15) is 0 Å². The Hall–Kier alpha value is -0.790. The quantitative estimate of drug-likeness (QED) is 0.339. The summed E-state index contributed by atoms with van der Waals surface area (Å²) in [5.41, 5.74) is 0. The third-order valence-corrected chi connectivity index (χ3v) is 1.96. The van der Waals surface area contributed by atoms with E-state index in [9.17, 15) is 4.79 Å². The zero-order valence-electron chi connectivity index (χ0n) is 9.42. The van der Waals surface area contributed by atoms with Crippen molar-refractivity contribution in [3.63, 3.8) is 0 Å². The molecule has 2 heteroatoms. The van der Waals surface area contributed by atoms with Crippen LogP contribution in [-0.2, 0) is 9.53 Å². The summed E-state index contributed by atoms with van der Waals surface area (Å²) in [6, 6.07) is 0. The van der Waals surface area contributed by atoms with Gasteiger partial charge in [-0.1, -0.05) is 31.9 Å². The normalized spacial score (nSPS) is 10.7. The highest BCUT2D eigenvalue weighted by atomic mass is 16.5. The van der Waals surface area contributed by atoms with E-state index in [0.717, 1.165) is 19.3 Å². The smallest absolute Gasteiger partial charge is 0.302 e. The number of allylic oxidation sites excluding steroid dienone is 2. The molecule has 0 aliphatic heterocycles. The number of esters is 1. The highest BCUT2D eigenvalue weighted by Gasteiger charge is 1.91. The summed E-state index contributed by atoms with van der Waals surface area (Å²) < 4.78 is 4.82. The molecule has 0 fully saturated rings. The van der Waals surface area contributed by atoms with Crippen molar-refractivity contribution in [2.24, 2.45) is 0 Å². The lowest BCUT2D eigenvalue weighted by atomic mass is 10.2. The van der Waals surface area contributed by atoms with Crippen molar-refractivity contribution < 1.29 is 9.53 Å². The maximum atomic E-state index is 10.4. The third kappa shape index (κ3) is 11.2. The minimum Gasteiger partial charge on any atom is -0.466 e. The van der Waals surface area contributed by atoms with Crippen LogP contribution in [0, 0.1) is 0 Å². The third-order valence-electron chi connectivity index (χ3n) is 1.96. The molecule has 82 valence electrons. The highest BCUT2D eigenvalue weighted by Crippen LogP contribution is 2.00. The lowest BCUT2D eigenvalue weighted by molar-refractivity contribution is -0.141. The molecular formula is C12H22O2. The van der Waals surface area contributed by atoms with E-state index in [-0.39, 0.29) is 5.97 Å². The minimum absolute atomic E-state index is 0.177. The molecule has 0 bridgehead atoms. The van der Waals surface area contributed by atoms with Crippen LogP contribution in [0.1, 0.15) is 52.4 Å². The van der Waals surface area contributed by atoms with Gasteiger partial charge in [0.15, 0.2) is 0 Å². The monoisotopic (exact) mass is 198 g/mol. The first-order chi connectivity index (χ1) is 6.77. The van der Waals surface area contributed by atoms with Gasteiger partial charge in [-0.2, -0.15) is 0 Å². The number of carbonyl (C=O) groups is 1. The van der Waals surface area contributed by atoms with Crippen molar-refractivity contribution in [2.45, 2.75) is 52.4 Å². The zero-order chi connectivity index (χ0) is 10.6. The molecule has 0 aliphatic carbocycles. The molecule has 0 unspecified atom stereocenters. The molecule has 2 nitrogen and oxygen atoms in total. The van der Waals surface area contributed by atoms with E-state index in [2.05, 4.69) is 19.1 Å². The molecule has 0 rings (SSSR count). The number of ether oxygens (including phenoxy) is 1. The van der Waals surface area contributed by atoms with E-state index in [1.165, 1.54) is 26.2 Å². The molecule has 0 atom stereocenters. The molecule has 0 aromatic carbocycles. The van der Waals surface area contributed by atoms with Crippen molar-refractivity contribution in [1.29, 1.82) is 0 Å². The summed E-state index contributed by atoms with van der Waals surface area (Å²) in [5, 5.41) is 0. The summed E-state index contributed by atoms with van der Waals surface area (Å²) >= 11 is 0. The van der Waals surface area contributed by atoms with E-state index in [1.807, 2.05) is 0 Å². The van der Waals surface area contributed by atoms with Crippen LogP contribution in [0.3, 0.4) is 0 Å².